The molecule has 3 aromatic heterocycles. The lowest BCUT2D eigenvalue weighted by Crippen LogP contribution is -1.96. The summed E-state index contributed by atoms with van der Waals surface area (Å²) in [4.78, 5) is 8.79. The van der Waals surface area contributed by atoms with Crippen molar-refractivity contribution < 1.29 is 4.74 Å². The van der Waals surface area contributed by atoms with Gasteiger partial charge in [-0.3, -0.25) is 9.38 Å². The van der Waals surface area contributed by atoms with Gasteiger partial charge in [0, 0.05) is 31.2 Å². The second-order valence-corrected chi connectivity index (χ2v) is 6.37. The van der Waals surface area contributed by atoms with E-state index in [0.717, 1.165) is 33.8 Å². The molecule has 0 fully saturated rings. The van der Waals surface area contributed by atoms with E-state index in [1.165, 1.54) is 0 Å². The van der Waals surface area contributed by atoms with Crippen molar-refractivity contribution in [1.82, 2.24) is 14.4 Å². The fourth-order valence-corrected chi connectivity index (χ4v) is 3.08. The van der Waals surface area contributed by atoms with Crippen LogP contribution in [0, 0.1) is 11.3 Å². The fraction of sp³-hybridized carbons (Fsp3) is 0.136. The predicted octanol–water partition coefficient (Wildman–Crippen LogP) is 4.03. The van der Waals surface area contributed by atoms with E-state index in [0.29, 0.717) is 18.8 Å². The average Bonchev–Trinajstić information content (AvgIpc) is 3.12. The third-order valence-electron chi connectivity index (χ3n) is 4.48. The van der Waals surface area contributed by atoms with E-state index in [9.17, 15) is 0 Å². The Hall–Kier alpha value is -3.69. The first kappa shape index (κ1) is 17.7. The number of imidazole rings is 1. The molecule has 6 nitrogen and oxygen atoms in total. The molecule has 0 unspecified atom stereocenters. The first-order valence-corrected chi connectivity index (χ1v) is 8.94. The standard InChI is InChI=1S/C22H19N5O/c1-24-22-21(26-20-11-17(12-23)8-10-27(20)22)19-6-4-16(5-7-19)14-28-15-18-3-2-9-25-13-18/h2-11,13,24H,14-15H2,1H3. The lowest BCUT2D eigenvalue weighted by atomic mass is 10.1. The van der Waals surface area contributed by atoms with Crippen molar-refractivity contribution in [2.45, 2.75) is 13.2 Å². The van der Waals surface area contributed by atoms with Gasteiger partial charge in [0.15, 0.2) is 0 Å². The van der Waals surface area contributed by atoms with Crippen molar-refractivity contribution >= 4 is 11.5 Å². The number of nitrogens with zero attached hydrogens (tertiary/aromatic N) is 4. The number of aromatic nitrogens is 3. The molecule has 0 amide bonds. The van der Waals surface area contributed by atoms with Gasteiger partial charge in [0.1, 0.15) is 17.2 Å². The number of hydrogen-bond acceptors (Lipinski definition) is 5. The lowest BCUT2D eigenvalue weighted by Gasteiger charge is -2.07. The van der Waals surface area contributed by atoms with Crippen molar-refractivity contribution in [3.63, 3.8) is 0 Å². The Morgan fingerprint density at radius 3 is 2.64 bits per heavy atom. The van der Waals surface area contributed by atoms with Gasteiger partial charge in [-0.05, 0) is 29.3 Å². The molecule has 0 bridgehead atoms. The molecule has 4 rings (SSSR count). The Labute approximate surface area is 163 Å². The third-order valence-corrected chi connectivity index (χ3v) is 4.48. The van der Waals surface area contributed by atoms with E-state index < -0.39 is 0 Å². The smallest absolute Gasteiger partial charge is 0.140 e. The molecule has 0 radical (unpaired) electrons. The largest absolute Gasteiger partial charge is 0.372 e. The van der Waals surface area contributed by atoms with Crippen LogP contribution in [0.25, 0.3) is 16.9 Å². The van der Waals surface area contributed by atoms with Crippen molar-refractivity contribution in [3.05, 3.63) is 83.8 Å². The Morgan fingerprint density at radius 1 is 1.11 bits per heavy atom. The van der Waals surface area contributed by atoms with Crippen LogP contribution < -0.4 is 5.32 Å². The minimum absolute atomic E-state index is 0.532. The van der Waals surface area contributed by atoms with Gasteiger partial charge in [-0.25, -0.2) is 4.98 Å². The minimum Gasteiger partial charge on any atom is -0.372 e. The van der Waals surface area contributed by atoms with Crippen LogP contribution in [0.1, 0.15) is 16.7 Å². The summed E-state index contributed by atoms with van der Waals surface area (Å²) < 4.78 is 7.71. The Bertz CT molecular complexity index is 1130. The summed E-state index contributed by atoms with van der Waals surface area (Å²) >= 11 is 0. The number of ether oxygens (including phenoxy) is 1. The van der Waals surface area contributed by atoms with E-state index in [1.807, 2.05) is 60.2 Å². The zero-order chi connectivity index (χ0) is 19.3. The fourth-order valence-electron chi connectivity index (χ4n) is 3.08. The summed E-state index contributed by atoms with van der Waals surface area (Å²) in [6.45, 7) is 1.07. The first-order chi connectivity index (χ1) is 13.8. The zero-order valence-electron chi connectivity index (χ0n) is 15.5. The molecule has 0 atom stereocenters. The molecule has 3 heterocycles. The number of benzene rings is 1. The zero-order valence-corrected chi connectivity index (χ0v) is 15.5. The van der Waals surface area contributed by atoms with E-state index in [-0.39, 0.29) is 0 Å². The molecule has 28 heavy (non-hydrogen) atoms. The summed E-state index contributed by atoms with van der Waals surface area (Å²) in [5.41, 5.74) is 5.33. The van der Waals surface area contributed by atoms with Gasteiger partial charge in [-0.1, -0.05) is 30.3 Å². The van der Waals surface area contributed by atoms with Crippen LogP contribution in [-0.4, -0.2) is 21.4 Å². The molecule has 0 saturated heterocycles. The Morgan fingerprint density at radius 2 is 1.93 bits per heavy atom. The van der Waals surface area contributed by atoms with E-state index in [2.05, 4.69) is 16.4 Å². The summed E-state index contributed by atoms with van der Waals surface area (Å²) in [7, 11) is 1.87. The second kappa shape index (κ2) is 7.91. The van der Waals surface area contributed by atoms with Gasteiger partial charge < -0.3 is 10.1 Å². The maximum atomic E-state index is 9.10. The summed E-state index contributed by atoms with van der Waals surface area (Å²) in [6, 6.07) is 17.8. The molecule has 1 N–H and O–H groups in total. The minimum atomic E-state index is 0.532. The lowest BCUT2D eigenvalue weighted by molar-refractivity contribution is 0.107. The van der Waals surface area contributed by atoms with Crippen LogP contribution >= 0.6 is 0 Å². The number of fused-ring (bicyclic) bond motifs is 1. The van der Waals surface area contributed by atoms with Gasteiger partial charge >= 0.3 is 0 Å². The van der Waals surface area contributed by atoms with E-state index >= 15 is 0 Å². The summed E-state index contributed by atoms with van der Waals surface area (Å²) in [5, 5.41) is 12.3. The molecule has 138 valence electrons. The number of rotatable bonds is 6. The first-order valence-electron chi connectivity index (χ1n) is 8.94. The molecule has 0 aliphatic heterocycles. The van der Waals surface area contributed by atoms with Gasteiger partial charge in [0.25, 0.3) is 0 Å². The number of nitrogens with one attached hydrogen (secondary N) is 1. The van der Waals surface area contributed by atoms with Crippen molar-refractivity contribution in [2.75, 3.05) is 12.4 Å². The van der Waals surface area contributed by atoms with Crippen molar-refractivity contribution in [2.24, 2.45) is 0 Å². The van der Waals surface area contributed by atoms with Gasteiger partial charge in [-0.15, -0.1) is 0 Å². The molecule has 0 spiro atoms. The second-order valence-electron chi connectivity index (χ2n) is 6.37. The highest BCUT2D eigenvalue weighted by molar-refractivity contribution is 5.76. The van der Waals surface area contributed by atoms with Gasteiger partial charge in [0.05, 0.1) is 24.8 Å². The molecular weight excluding hydrogens is 350 g/mol. The SMILES string of the molecule is CNc1c(-c2ccc(COCc3cccnc3)cc2)nc2cc(C#N)ccn12. The molecular formula is C22H19N5O. The van der Waals surface area contributed by atoms with Crippen LogP contribution in [0.3, 0.4) is 0 Å². The monoisotopic (exact) mass is 369 g/mol. The van der Waals surface area contributed by atoms with Crippen LogP contribution in [0.5, 0.6) is 0 Å². The highest BCUT2D eigenvalue weighted by Gasteiger charge is 2.13. The van der Waals surface area contributed by atoms with Crippen LogP contribution in [0.15, 0.2) is 67.1 Å². The quantitative estimate of drug-likeness (QED) is 0.555. The van der Waals surface area contributed by atoms with Crippen LogP contribution in [0.2, 0.25) is 0 Å². The molecule has 0 saturated carbocycles. The van der Waals surface area contributed by atoms with Crippen molar-refractivity contribution in [3.8, 4) is 17.3 Å². The van der Waals surface area contributed by atoms with Gasteiger partial charge in [-0.2, -0.15) is 5.26 Å². The predicted molar refractivity (Wildman–Crippen MR) is 108 cm³/mol. The maximum absolute atomic E-state index is 9.10. The highest BCUT2D eigenvalue weighted by Crippen LogP contribution is 2.29. The Kier molecular flexibility index (Phi) is 5.00. The molecule has 0 aliphatic carbocycles. The maximum Gasteiger partial charge on any atom is 0.140 e. The normalized spacial score (nSPS) is 10.7. The van der Waals surface area contributed by atoms with E-state index in [1.54, 1.807) is 18.3 Å². The summed E-state index contributed by atoms with van der Waals surface area (Å²) in [5.74, 6) is 0.889. The number of hydrogen-bond donors (Lipinski definition) is 1. The van der Waals surface area contributed by atoms with E-state index in [4.69, 9.17) is 15.0 Å². The van der Waals surface area contributed by atoms with Crippen molar-refractivity contribution in [1.29, 1.82) is 5.26 Å². The molecule has 1 aromatic carbocycles. The average molecular weight is 369 g/mol. The Balaban J connectivity index is 1.53. The topological polar surface area (TPSA) is 75.2 Å². The number of anilines is 1. The molecule has 6 heteroatoms. The van der Waals surface area contributed by atoms with Crippen LogP contribution in [-0.2, 0) is 18.0 Å². The van der Waals surface area contributed by atoms with Crippen LogP contribution in [0.4, 0.5) is 5.82 Å². The van der Waals surface area contributed by atoms with Gasteiger partial charge in [0.2, 0.25) is 0 Å². The molecule has 4 aromatic rings. The third kappa shape index (κ3) is 3.56. The number of pyridine rings is 2. The number of nitriles is 1. The highest BCUT2D eigenvalue weighted by atomic mass is 16.5. The molecule has 0 aliphatic rings. The summed E-state index contributed by atoms with van der Waals surface area (Å²) in [6.07, 6.45) is 5.42.